The quantitative estimate of drug-likeness (QED) is 0.534. The maximum Gasteiger partial charge on any atom is 0.108 e. The highest BCUT2D eigenvalue weighted by molar-refractivity contribution is 4.86. The van der Waals surface area contributed by atoms with Crippen LogP contribution in [0.5, 0.6) is 0 Å². The third-order valence-electron chi connectivity index (χ3n) is 1.87. The first-order chi connectivity index (χ1) is 3.75. The van der Waals surface area contributed by atoms with Gasteiger partial charge in [-0.25, -0.2) is 0 Å². The Morgan fingerprint density at radius 2 is 2.25 bits per heavy atom. The summed E-state index contributed by atoms with van der Waals surface area (Å²) < 4.78 is 4.92. The van der Waals surface area contributed by atoms with Gasteiger partial charge in [-0.1, -0.05) is 6.92 Å². The van der Waals surface area contributed by atoms with Gasteiger partial charge in [0.1, 0.15) is 6.23 Å². The number of hydrogen-bond acceptors (Lipinski definition) is 2. The molecule has 0 spiro atoms. The molecule has 1 fully saturated rings. The van der Waals surface area contributed by atoms with Crippen LogP contribution in [0.4, 0.5) is 0 Å². The zero-order valence-electron chi connectivity index (χ0n) is 5.42. The van der Waals surface area contributed by atoms with Gasteiger partial charge in [0.25, 0.3) is 0 Å². The molecular weight excluding hydrogens is 102 g/mol. The van der Waals surface area contributed by atoms with Gasteiger partial charge in [0.2, 0.25) is 0 Å². The second kappa shape index (κ2) is 2.03. The second-order valence-electron chi connectivity index (χ2n) is 2.58. The van der Waals surface area contributed by atoms with Gasteiger partial charge in [0, 0.05) is 13.0 Å². The Labute approximate surface area is 50.0 Å². The van der Waals surface area contributed by atoms with Crippen molar-refractivity contribution >= 4 is 0 Å². The smallest absolute Gasteiger partial charge is 0.108 e. The Morgan fingerprint density at radius 3 is 2.38 bits per heavy atom. The van der Waals surface area contributed by atoms with Crippen LogP contribution in [-0.2, 0) is 4.74 Å². The van der Waals surface area contributed by atoms with Crippen molar-refractivity contribution in [3.63, 3.8) is 0 Å². The monoisotopic (exact) mass is 115 g/mol. The van der Waals surface area contributed by atoms with E-state index >= 15 is 0 Å². The van der Waals surface area contributed by atoms with E-state index in [1.165, 1.54) is 6.42 Å². The molecule has 0 heterocycles. The van der Waals surface area contributed by atoms with Gasteiger partial charge < -0.3 is 10.5 Å². The number of hydrogen-bond donors (Lipinski definition) is 1. The van der Waals surface area contributed by atoms with Crippen LogP contribution in [0.15, 0.2) is 0 Å². The summed E-state index contributed by atoms with van der Waals surface area (Å²) in [5.41, 5.74) is 5.55. The van der Waals surface area contributed by atoms with Gasteiger partial charge in [-0.15, -0.1) is 0 Å². The van der Waals surface area contributed by atoms with Gasteiger partial charge in [0.15, 0.2) is 0 Å². The first kappa shape index (κ1) is 6.05. The van der Waals surface area contributed by atoms with Crippen molar-refractivity contribution in [2.45, 2.75) is 19.6 Å². The molecule has 0 saturated heterocycles. The number of methoxy groups -OCH3 is 1. The summed E-state index contributed by atoms with van der Waals surface area (Å²) in [6.45, 7) is 2.20. The maximum atomic E-state index is 5.55. The normalized spacial score (nSPS) is 39.4. The summed E-state index contributed by atoms with van der Waals surface area (Å²) >= 11 is 0. The molecule has 0 bridgehead atoms. The molecule has 1 saturated carbocycles. The van der Waals surface area contributed by atoms with Crippen LogP contribution >= 0.6 is 0 Å². The maximum absolute atomic E-state index is 5.55. The third kappa shape index (κ3) is 1.01. The molecule has 2 N–H and O–H groups in total. The van der Waals surface area contributed by atoms with E-state index in [0.29, 0.717) is 5.92 Å². The molecule has 1 rings (SSSR count). The average molecular weight is 115 g/mol. The molecule has 2 nitrogen and oxygen atoms in total. The molecule has 8 heavy (non-hydrogen) atoms. The van der Waals surface area contributed by atoms with E-state index in [1.807, 2.05) is 0 Å². The molecule has 0 amide bonds. The first-order valence-corrected chi connectivity index (χ1v) is 3.04. The molecule has 48 valence electrons. The fraction of sp³-hybridized carbons (Fsp3) is 1.00. The minimum Gasteiger partial charge on any atom is -0.367 e. The van der Waals surface area contributed by atoms with E-state index in [0.717, 1.165) is 5.92 Å². The number of ether oxygens (including phenoxy) is 1. The topological polar surface area (TPSA) is 35.2 Å². The van der Waals surface area contributed by atoms with Crippen molar-refractivity contribution in [2.24, 2.45) is 17.6 Å². The first-order valence-electron chi connectivity index (χ1n) is 3.04. The van der Waals surface area contributed by atoms with Crippen LogP contribution in [0, 0.1) is 11.8 Å². The van der Waals surface area contributed by atoms with Crippen LogP contribution in [0.2, 0.25) is 0 Å². The molecule has 2 heteroatoms. The Balaban J connectivity index is 2.18. The molecule has 0 aliphatic heterocycles. The van der Waals surface area contributed by atoms with Crippen molar-refractivity contribution in [1.82, 2.24) is 0 Å². The van der Waals surface area contributed by atoms with Gasteiger partial charge in [-0.05, 0) is 12.3 Å². The molecule has 0 aromatic heterocycles. The van der Waals surface area contributed by atoms with Gasteiger partial charge in [0.05, 0.1) is 0 Å². The summed E-state index contributed by atoms with van der Waals surface area (Å²) in [6, 6.07) is 0. The van der Waals surface area contributed by atoms with Crippen LogP contribution < -0.4 is 5.73 Å². The second-order valence-corrected chi connectivity index (χ2v) is 2.58. The number of nitrogens with two attached hydrogens (primary N) is 1. The highest BCUT2D eigenvalue weighted by atomic mass is 16.5. The largest absolute Gasteiger partial charge is 0.367 e. The van der Waals surface area contributed by atoms with Gasteiger partial charge in [-0.3, -0.25) is 0 Å². The fourth-order valence-electron chi connectivity index (χ4n) is 0.983. The average Bonchev–Trinajstić information content (AvgIpc) is 2.45. The molecule has 0 aromatic carbocycles. The summed E-state index contributed by atoms with van der Waals surface area (Å²) in [5.74, 6) is 1.44. The zero-order chi connectivity index (χ0) is 6.15. The van der Waals surface area contributed by atoms with Gasteiger partial charge >= 0.3 is 0 Å². The van der Waals surface area contributed by atoms with E-state index in [9.17, 15) is 0 Å². The lowest BCUT2D eigenvalue weighted by atomic mass is 10.3. The number of rotatable bonds is 2. The fourth-order valence-corrected chi connectivity index (χ4v) is 0.983. The summed E-state index contributed by atoms with van der Waals surface area (Å²) in [7, 11) is 1.66. The highest BCUT2D eigenvalue weighted by Crippen LogP contribution is 2.39. The Hall–Kier alpha value is -0.0800. The van der Waals surface area contributed by atoms with E-state index in [-0.39, 0.29) is 6.23 Å². The molecule has 1 aliphatic carbocycles. The van der Waals surface area contributed by atoms with E-state index in [4.69, 9.17) is 10.5 Å². The molecule has 0 unspecified atom stereocenters. The van der Waals surface area contributed by atoms with Crippen LogP contribution in [-0.4, -0.2) is 13.3 Å². The predicted molar refractivity (Wildman–Crippen MR) is 32.3 cm³/mol. The lowest BCUT2D eigenvalue weighted by Crippen LogP contribution is -2.24. The van der Waals surface area contributed by atoms with Crippen LogP contribution in [0.25, 0.3) is 0 Å². The van der Waals surface area contributed by atoms with Crippen LogP contribution in [0.3, 0.4) is 0 Å². The van der Waals surface area contributed by atoms with Crippen molar-refractivity contribution in [2.75, 3.05) is 7.11 Å². The minimum atomic E-state index is -0.00926. The molecule has 1 aliphatic rings. The van der Waals surface area contributed by atoms with Gasteiger partial charge in [-0.2, -0.15) is 0 Å². The lowest BCUT2D eigenvalue weighted by Gasteiger charge is -2.05. The molecular formula is C6H13NO. The van der Waals surface area contributed by atoms with E-state index < -0.39 is 0 Å². The third-order valence-corrected chi connectivity index (χ3v) is 1.87. The SMILES string of the molecule is CO[C@H](N)[C@H]1C[C@H]1C. The summed E-state index contributed by atoms with van der Waals surface area (Å²) in [5, 5.41) is 0. The molecule has 0 radical (unpaired) electrons. The molecule has 3 atom stereocenters. The highest BCUT2D eigenvalue weighted by Gasteiger charge is 2.37. The minimum absolute atomic E-state index is 0.00926. The van der Waals surface area contributed by atoms with E-state index in [1.54, 1.807) is 7.11 Å². The van der Waals surface area contributed by atoms with Crippen molar-refractivity contribution in [3.05, 3.63) is 0 Å². The standard InChI is InChI=1S/C6H13NO/c1-4-3-5(4)6(7)8-2/h4-6H,3,7H2,1-2H3/t4-,5+,6+/m1/s1. The van der Waals surface area contributed by atoms with Crippen LogP contribution in [0.1, 0.15) is 13.3 Å². The zero-order valence-corrected chi connectivity index (χ0v) is 5.42. The Morgan fingerprint density at radius 1 is 1.75 bits per heavy atom. The van der Waals surface area contributed by atoms with Crippen molar-refractivity contribution in [1.29, 1.82) is 0 Å². The lowest BCUT2D eigenvalue weighted by molar-refractivity contribution is 0.0862. The summed E-state index contributed by atoms with van der Waals surface area (Å²) in [4.78, 5) is 0. The van der Waals surface area contributed by atoms with Crippen molar-refractivity contribution < 1.29 is 4.74 Å². The van der Waals surface area contributed by atoms with E-state index in [2.05, 4.69) is 6.92 Å². The summed E-state index contributed by atoms with van der Waals surface area (Å²) in [6.07, 6.45) is 1.24. The molecule has 0 aromatic rings. The predicted octanol–water partition coefficient (Wildman–Crippen LogP) is 0.574. The van der Waals surface area contributed by atoms with Crippen molar-refractivity contribution in [3.8, 4) is 0 Å². The Bertz CT molecular complexity index is 82.6. The Kier molecular flexibility index (Phi) is 1.54.